The summed E-state index contributed by atoms with van der Waals surface area (Å²) in [5.74, 6) is 0.181. The molecule has 0 atom stereocenters. The van der Waals surface area contributed by atoms with Gasteiger partial charge in [0.25, 0.3) is 0 Å². The van der Waals surface area contributed by atoms with Gasteiger partial charge in [-0.25, -0.2) is 0 Å². The van der Waals surface area contributed by atoms with Crippen molar-refractivity contribution < 1.29 is 4.79 Å². The lowest BCUT2D eigenvalue weighted by molar-refractivity contribution is -0.130. The number of piperazine rings is 1. The second-order valence-electron chi connectivity index (χ2n) is 4.60. The highest BCUT2D eigenvalue weighted by Crippen LogP contribution is 2.25. The molecule has 2 rings (SSSR count). The van der Waals surface area contributed by atoms with Crippen LogP contribution in [0.25, 0.3) is 0 Å². The molecule has 0 radical (unpaired) electrons. The van der Waals surface area contributed by atoms with Crippen LogP contribution in [0, 0.1) is 0 Å². The SMILES string of the molecule is CCNCC(=O)N1CCN(c2ccccc2Cl)CC1. The topological polar surface area (TPSA) is 35.6 Å². The highest BCUT2D eigenvalue weighted by atomic mass is 35.5. The van der Waals surface area contributed by atoms with Crippen LogP contribution in [-0.2, 0) is 4.79 Å². The third-order valence-electron chi connectivity index (χ3n) is 3.35. The van der Waals surface area contributed by atoms with E-state index >= 15 is 0 Å². The molecular weight excluding hydrogens is 262 g/mol. The molecule has 5 heteroatoms. The van der Waals surface area contributed by atoms with E-state index in [2.05, 4.69) is 10.2 Å². The minimum Gasteiger partial charge on any atom is -0.367 e. The van der Waals surface area contributed by atoms with Crippen molar-refractivity contribution in [2.45, 2.75) is 6.92 Å². The van der Waals surface area contributed by atoms with Crippen molar-refractivity contribution >= 4 is 23.2 Å². The van der Waals surface area contributed by atoms with Gasteiger partial charge >= 0.3 is 0 Å². The lowest BCUT2D eigenvalue weighted by Gasteiger charge is -2.36. The normalized spacial score (nSPS) is 15.7. The standard InChI is InChI=1S/C14H20ClN3O/c1-2-16-11-14(19)18-9-7-17(8-10-18)13-6-4-3-5-12(13)15/h3-6,16H,2,7-11H2,1H3. The van der Waals surface area contributed by atoms with Gasteiger partial charge in [-0.2, -0.15) is 0 Å². The van der Waals surface area contributed by atoms with E-state index in [0.717, 1.165) is 43.4 Å². The Morgan fingerprint density at radius 2 is 1.95 bits per heavy atom. The molecule has 1 aromatic carbocycles. The molecule has 1 aromatic rings. The monoisotopic (exact) mass is 281 g/mol. The van der Waals surface area contributed by atoms with Gasteiger partial charge in [-0.1, -0.05) is 30.7 Å². The van der Waals surface area contributed by atoms with Gasteiger partial charge in [0.2, 0.25) is 5.91 Å². The van der Waals surface area contributed by atoms with Gasteiger partial charge in [-0.05, 0) is 18.7 Å². The quantitative estimate of drug-likeness (QED) is 0.911. The number of halogens is 1. The van der Waals surface area contributed by atoms with Gasteiger partial charge in [-0.3, -0.25) is 4.79 Å². The zero-order valence-electron chi connectivity index (χ0n) is 11.2. The third-order valence-corrected chi connectivity index (χ3v) is 3.67. The summed E-state index contributed by atoms with van der Waals surface area (Å²) in [7, 11) is 0. The Morgan fingerprint density at radius 1 is 1.26 bits per heavy atom. The fourth-order valence-corrected chi connectivity index (χ4v) is 2.50. The van der Waals surface area contributed by atoms with Crippen molar-refractivity contribution in [1.82, 2.24) is 10.2 Å². The number of para-hydroxylation sites is 1. The number of nitrogens with zero attached hydrogens (tertiary/aromatic N) is 2. The summed E-state index contributed by atoms with van der Waals surface area (Å²) >= 11 is 6.19. The number of hydrogen-bond donors (Lipinski definition) is 1. The van der Waals surface area contributed by atoms with Crippen LogP contribution in [0.4, 0.5) is 5.69 Å². The predicted octanol–water partition coefficient (Wildman–Crippen LogP) is 1.60. The largest absolute Gasteiger partial charge is 0.367 e. The lowest BCUT2D eigenvalue weighted by Crippen LogP contribution is -2.50. The van der Waals surface area contributed by atoms with Crippen LogP contribution in [0.2, 0.25) is 5.02 Å². The van der Waals surface area contributed by atoms with Crippen LogP contribution in [0.3, 0.4) is 0 Å². The Bertz CT molecular complexity index is 430. The van der Waals surface area contributed by atoms with E-state index in [4.69, 9.17) is 11.6 Å². The number of rotatable bonds is 4. The zero-order valence-corrected chi connectivity index (χ0v) is 12.0. The van der Waals surface area contributed by atoms with Crippen LogP contribution in [0.5, 0.6) is 0 Å². The van der Waals surface area contributed by atoms with Gasteiger partial charge in [0, 0.05) is 26.2 Å². The second kappa shape index (κ2) is 6.78. The van der Waals surface area contributed by atoms with Crippen molar-refractivity contribution in [3.05, 3.63) is 29.3 Å². The first-order valence-corrected chi connectivity index (χ1v) is 7.08. The summed E-state index contributed by atoms with van der Waals surface area (Å²) in [4.78, 5) is 16.0. The zero-order chi connectivity index (χ0) is 13.7. The molecule has 104 valence electrons. The summed E-state index contributed by atoms with van der Waals surface area (Å²) in [6.45, 7) is 6.45. The van der Waals surface area contributed by atoms with Crippen molar-refractivity contribution in [3.8, 4) is 0 Å². The van der Waals surface area contributed by atoms with Gasteiger partial charge in [0.05, 0.1) is 17.3 Å². The Balaban J connectivity index is 1.89. The molecule has 0 unspecified atom stereocenters. The molecule has 0 aromatic heterocycles. The minimum atomic E-state index is 0.181. The van der Waals surface area contributed by atoms with Crippen molar-refractivity contribution in [2.75, 3.05) is 44.2 Å². The molecule has 1 aliphatic rings. The smallest absolute Gasteiger partial charge is 0.236 e. The number of anilines is 1. The van der Waals surface area contributed by atoms with E-state index in [1.165, 1.54) is 0 Å². The van der Waals surface area contributed by atoms with Gasteiger partial charge < -0.3 is 15.1 Å². The van der Waals surface area contributed by atoms with Crippen LogP contribution in [-0.4, -0.2) is 50.1 Å². The van der Waals surface area contributed by atoms with E-state index in [9.17, 15) is 4.79 Å². The predicted molar refractivity (Wildman–Crippen MR) is 78.8 cm³/mol. The van der Waals surface area contributed by atoms with Gasteiger partial charge in [0.15, 0.2) is 0 Å². The molecule has 1 aliphatic heterocycles. The molecule has 1 N–H and O–H groups in total. The number of carbonyl (C=O) groups is 1. The van der Waals surface area contributed by atoms with Crippen LogP contribution >= 0.6 is 11.6 Å². The summed E-state index contributed by atoms with van der Waals surface area (Å²) in [5.41, 5.74) is 1.06. The summed E-state index contributed by atoms with van der Waals surface area (Å²) < 4.78 is 0. The number of amides is 1. The fraction of sp³-hybridized carbons (Fsp3) is 0.500. The maximum Gasteiger partial charge on any atom is 0.236 e. The van der Waals surface area contributed by atoms with Crippen molar-refractivity contribution in [3.63, 3.8) is 0 Å². The maximum atomic E-state index is 11.9. The highest BCUT2D eigenvalue weighted by Gasteiger charge is 2.21. The van der Waals surface area contributed by atoms with Gasteiger partial charge in [0.1, 0.15) is 0 Å². The Hall–Kier alpha value is -1.26. The molecule has 1 saturated heterocycles. The molecular formula is C14H20ClN3O. The van der Waals surface area contributed by atoms with E-state index in [1.807, 2.05) is 36.1 Å². The highest BCUT2D eigenvalue weighted by molar-refractivity contribution is 6.33. The number of benzene rings is 1. The molecule has 1 amide bonds. The first kappa shape index (κ1) is 14.2. The van der Waals surface area contributed by atoms with Crippen LogP contribution < -0.4 is 10.2 Å². The summed E-state index contributed by atoms with van der Waals surface area (Å²) in [6.07, 6.45) is 0. The number of carbonyl (C=O) groups excluding carboxylic acids is 1. The molecule has 0 saturated carbocycles. The number of nitrogens with one attached hydrogen (secondary N) is 1. The molecule has 19 heavy (non-hydrogen) atoms. The molecule has 4 nitrogen and oxygen atoms in total. The van der Waals surface area contributed by atoms with Crippen LogP contribution in [0.15, 0.2) is 24.3 Å². The Kier molecular flexibility index (Phi) is 5.05. The van der Waals surface area contributed by atoms with E-state index in [-0.39, 0.29) is 5.91 Å². The molecule has 0 bridgehead atoms. The molecule has 0 aliphatic carbocycles. The summed E-state index contributed by atoms with van der Waals surface area (Å²) in [6, 6.07) is 7.85. The van der Waals surface area contributed by atoms with E-state index < -0.39 is 0 Å². The molecule has 1 fully saturated rings. The first-order valence-electron chi connectivity index (χ1n) is 6.70. The summed E-state index contributed by atoms with van der Waals surface area (Å²) in [5, 5.41) is 3.84. The third kappa shape index (κ3) is 3.61. The van der Waals surface area contributed by atoms with Crippen molar-refractivity contribution in [1.29, 1.82) is 0 Å². The van der Waals surface area contributed by atoms with Gasteiger partial charge in [-0.15, -0.1) is 0 Å². The van der Waals surface area contributed by atoms with Crippen molar-refractivity contribution in [2.24, 2.45) is 0 Å². The van der Waals surface area contributed by atoms with E-state index in [0.29, 0.717) is 6.54 Å². The first-order chi connectivity index (χ1) is 9.22. The number of hydrogen-bond acceptors (Lipinski definition) is 3. The Labute approximate surface area is 119 Å². The maximum absolute atomic E-state index is 11.9. The fourth-order valence-electron chi connectivity index (χ4n) is 2.25. The second-order valence-corrected chi connectivity index (χ2v) is 5.01. The van der Waals surface area contributed by atoms with E-state index in [1.54, 1.807) is 0 Å². The Morgan fingerprint density at radius 3 is 2.58 bits per heavy atom. The lowest BCUT2D eigenvalue weighted by atomic mass is 10.2. The van der Waals surface area contributed by atoms with Crippen LogP contribution in [0.1, 0.15) is 6.92 Å². The molecule has 0 spiro atoms. The minimum absolute atomic E-state index is 0.181. The average Bonchev–Trinajstić information content (AvgIpc) is 2.45. The number of likely N-dealkylation sites (N-methyl/N-ethyl adjacent to an activating group) is 1. The average molecular weight is 282 g/mol. The molecule has 1 heterocycles.